The molecule has 0 fully saturated rings. The molecular weight excluding hydrogens is 238 g/mol. The summed E-state index contributed by atoms with van der Waals surface area (Å²) in [6.45, 7) is 3.32. The normalized spacial score (nSPS) is 15.1. The van der Waals surface area contributed by atoms with Gasteiger partial charge in [0, 0.05) is 0 Å². The molecule has 0 unspecified atom stereocenters. The minimum atomic E-state index is -0.798. The van der Waals surface area contributed by atoms with Crippen LogP contribution in [0.2, 0.25) is 0 Å². The lowest BCUT2D eigenvalue weighted by molar-refractivity contribution is -0.109. The summed E-state index contributed by atoms with van der Waals surface area (Å²) in [5.41, 5.74) is 0.790. The third-order valence-electron chi connectivity index (χ3n) is 2.37. The number of carbonyl (C=O) groups is 3. The third kappa shape index (κ3) is 1.98. The average molecular weight is 249 g/mol. The van der Waals surface area contributed by atoms with Gasteiger partial charge >= 0.3 is 0 Å². The van der Waals surface area contributed by atoms with E-state index in [4.69, 9.17) is 0 Å². The smallest absolute Gasteiger partial charge is 0.271 e. The summed E-state index contributed by atoms with van der Waals surface area (Å²) < 4.78 is 0.256. The van der Waals surface area contributed by atoms with Crippen molar-refractivity contribution in [3.63, 3.8) is 0 Å². The molecule has 17 heavy (non-hydrogen) atoms. The van der Waals surface area contributed by atoms with E-state index in [0.717, 1.165) is 22.5 Å². The zero-order valence-corrected chi connectivity index (χ0v) is 10.3. The molecule has 0 saturated carbocycles. The highest BCUT2D eigenvalue weighted by molar-refractivity contribution is 8.00. The van der Waals surface area contributed by atoms with Crippen molar-refractivity contribution in [1.82, 2.24) is 4.31 Å². The molecule has 2 amide bonds. The van der Waals surface area contributed by atoms with Gasteiger partial charge in [-0.05, 0) is 37.9 Å². The zero-order chi connectivity index (χ0) is 12.6. The van der Waals surface area contributed by atoms with Gasteiger partial charge in [-0.1, -0.05) is 12.1 Å². The Bertz CT molecular complexity index is 475. The molecule has 0 aromatic heterocycles. The second-order valence-corrected chi connectivity index (χ2v) is 5.86. The molecule has 1 heterocycles. The standard InChI is InChI=1S/C12H11NO3S/c1-12(2,7-14)17-13-10(15)8-5-3-4-6-9(8)11(13)16/h3-7H,1-2H3. The summed E-state index contributed by atoms with van der Waals surface area (Å²) in [6, 6.07) is 6.65. The molecule has 5 heteroatoms. The summed E-state index contributed by atoms with van der Waals surface area (Å²) in [4.78, 5) is 34.8. The monoisotopic (exact) mass is 249 g/mol. The highest BCUT2D eigenvalue weighted by atomic mass is 32.2. The van der Waals surface area contributed by atoms with Crippen LogP contribution in [0.5, 0.6) is 0 Å². The van der Waals surface area contributed by atoms with Gasteiger partial charge < -0.3 is 4.79 Å². The Morgan fingerprint density at radius 3 is 2.00 bits per heavy atom. The first-order chi connectivity index (χ1) is 7.96. The van der Waals surface area contributed by atoms with Crippen LogP contribution in [0.3, 0.4) is 0 Å². The molecule has 0 aliphatic carbocycles. The predicted octanol–water partition coefficient (Wildman–Crippen LogP) is 1.91. The molecule has 1 aromatic rings. The molecule has 88 valence electrons. The van der Waals surface area contributed by atoms with E-state index in [1.807, 2.05) is 0 Å². The maximum Gasteiger partial charge on any atom is 0.271 e. The Labute approximate surface area is 103 Å². The number of hydrogen-bond donors (Lipinski definition) is 0. The van der Waals surface area contributed by atoms with Crippen LogP contribution in [-0.2, 0) is 4.79 Å². The Hall–Kier alpha value is -1.62. The molecule has 0 bridgehead atoms. The van der Waals surface area contributed by atoms with E-state index < -0.39 is 4.75 Å². The Kier molecular flexibility index (Phi) is 2.79. The van der Waals surface area contributed by atoms with Crippen molar-refractivity contribution in [3.8, 4) is 0 Å². The maximum absolute atomic E-state index is 12.0. The van der Waals surface area contributed by atoms with E-state index in [9.17, 15) is 14.4 Å². The lowest BCUT2D eigenvalue weighted by atomic mass is 10.1. The van der Waals surface area contributed by atoms with E-state index in [0.29, 0.717) is 11.1 Å². The summed E-state index contributed by atoms with van der Waals surface area (Å²) in [5, 5.41) is 0. The van der Waals surface area contributed by atoms with Crippen LogP contribution in [0, 0.1) is 0 Å². The van der Waals surface area contributed by atoms with Crippen molar-refractivity contribution >= 4 is 30.0 Å². The van der Waals surface area contributed by atoms with Gasteiger partial charge in [-0.2, -0.15) is 0 Å². The SMILES string of the molecule is CC(C)(C=O)SN1C(=O)c2ccccc2C1=O. The predicted molar refractivity (Wildman–Crippen MR) is 64.7 cm³/mol. The number of hydrogen-bond acceptors (Lipinski definition) is 4. The number of carbonyl (C=O) groups excluding carboxylic acids is 3. The molecular formula is C12H11NO3S. The van der Waals surface area contributed by atoms with Gasteiger partial charge in [0.2, 0.25) is 0 Å². The van der Waals surface area contributed by atoms with E-state index in [1.165, 1.54) is 0 Å². The summed E-state index contributed by atoms with van der Waals surface area (Å²) in [7, 11) is 0. The van der Waals surface area contributed by atoms with E-state index in [2.05, 4.69) is 0 Å². The van der Waals surface area contributed by atoms with Crippen molar-refractivity contribution < 1.29 is 14.4 Å². The largest absolute Gasteiger partial charge is 0.302 e. The minimum Gasteiger partial charge on any atom is -0.302 e. The summed E-state index contributed by atoms with van der Waals surface area (Å²) in [6.07, 6.45) is 0.723. The average Bonchev–Trinajstić information content (AvgIpc) is 2.55. The molecule has 4 nitrogen and oxygen atoms in total. The van der Waals surface area contributed by atoms with Gasteiger partial charge in [0.25, 0.3) is 11.8 Å². The zero-order valence-electron chi connectivity index (χ0n) is 9.47. The van der Waals surface area contributed by atoms with E-state index in [-0.39, 0.29) is 11.8 Å². The van der Waals surface area contributed by atoms with Gasteiger partial charge in [0.05, 0.1) is 15.9 Å². The van der Waals surface area contributed by atoms with Crippen molar-refractivity contribution in [2.75, 3.05) is 0 Å². The van der Waals surface area contributed by atoms with Crippen molar-refractivity contribution in [2.45, 2.75) is 18.6 Å². The first-order valence-corrected chi connectivity index (χ1v) is 5.87. The number of aldehydes is 1. The molecule has 2 rings (SSSR count). The number of nitrogens with zero attached hydrogens (tertiary/aromatic N) is 1. The van der Waals surface area contributed by atoms with E-state index in [1.54, 1.807) is 38.1 Å². The fourth-order valence-corrected chi connectivity index (χ4v) is 2.38. The molecule has 0 radical (unpaired) electrons. The van der Waals surface area contributed by atoms with Gasteiger partial charge in [-0.25, -0.2) is 4.31 Å². The number of benzene rings is 1. The topological polar surface area (TPSA) is 54.5 Å². The van der Waals surface area contributed by atoms with Crippen LogP contribution in [-0.4, -0.2) is 27.2 Å². The highest BCUT2D eigenvalue weighted by Crippen LogP contribution is 2.34. The van der Waals surface area contributed by atoms with E-state index >= 15 is 0 Å². The fraction of sp³-hybridized carbons (Fsp3) is 0.250. The second-order valence-electron chi connectivity index (χ2n) is 4.26. The Morgan fingerprint density at radius 1 is 1.12 bits per heavy atom. The molecule has 1 aliphatic rings. The van der Waals surface area contributed by atoms with Gasteiger partial charge in [0.15, 0.2) is 0 Å². The maximum atomic E-state index is 12.0. The highest BCUT2D eigenvalue weighted by Gasteiger charge is 2.39. The lowest BCUT2D eigenvalue weighted by Crippen LogP contribution is -2.30. The van der Waals surface area contributed by atoms with Crippen molar-refractivity contribution in [1.29, 1.82) is 0 Å². The van der Waals surface area contributed by atoms with Crippen LogP contribution >= 0.6 is 11.9 Å². The fourth-order valence-electron chi connectivity index (χ4n) is 1.51. The Morgan fingerprint density at radius 2 is 1.59 bits per heavy atom. The first kappa shape index (κ1) is 11.9. The lowest BCUT2D eigenvalue weighted by Gasteiger charge is -2.21. The van der Waals surface area contributed by atoms with Crippen LogP contribution in [0.4, 0.5) is 0 Å². The number of amides is 2. The number of imide groups is 1. The van der Waals surface area contributed by atoms with Crippen LogP contribution < -0.4 is 0 Å². The molecule has 1 aromatic carbocycles. The Balaban J connectivity index is 2.34. The van der Waals surface area contributed by atoms with Crippen LogP contribution in [0.1, 0.15) is 34.6 Å². The molecule has 0 atom stereocenters. The van der Waals surface area contributed by atoms with Crippen molar-refractivity contribution in [3.05, 3.63) is 35.4 Å². The van der Waals surface area contributed by atoms with Crippen LogP contribution in [0.25, 0.3) is 0 Å². The number of rotatable bonds is 3. The second kappa shape index (κ2) is 4.00. The third-order valence-corrected chi connectivity index (χ3v) is 3.45. The summed E-state index contributed by atoms with van der Waals surface area (Å²) >= 11 is 0.948. The quantitative estimate of drug-likeness (QED) is 0.466. The van der Waals surface area contributed by atoms with Gasteiger partial charge in [-0.3, -0.25) is 9.59 Å². The first-order valence-electron chi connectivity index (χ1n) is 5.09. The molecule has 0 spiro atoms. The molecule has 0 N–H and O–H groups in total. The van der Waals surface area contributed by atoms with Crippen LogP contribution in [0.15, 0.2) is 24.3 Å². The minimum absolute atomic E-state index is 0.356. The van der Waals surface area contributed by atoms with Crippen molar-refractivity contribution in [2.24, 2.45) is 0 Å². The van der Waals surface area contributed by atoms with Gasteiger partial charge in [-0.15, -0.1) is 0 Å². The molecule has 0 saturated heterocycles. The molecule has 1 aliphatic heterocycles. The summed E-state index contributed by atoms with van der Waals surface area (Å²) in [5.74, 6) is -0.712. The van der Waals surface area contributed by atoms with Gasteiger partial charge in [0.1, 0.15) is 6.29 Å². The number of fused-ring (bicyclic) bond motifs is 1.